The number of nitrogens with zero attached hydrogens (tertiary/aromatic N) is 2. The summed E-state index contributed by atoms with van der Waals surface area (Å²) in [6, 6.07) is 13.3. The lowest BCUT2D eigenvalue weighted by atomic mass is 9.95. The van der Waals surface area contributed by atoms with Crippen LogP contribution in [0, 0.1) is 11.7 Å². The largest absolute Gasteiger partial charge is 0.341 e. The number of benzene rings is 2. The highest BCUT2D eigenvalue weighted by atomic mass is 19.1. The van der Waals surface area contributed by atoms with E-state index < -0.39 is 0 Å². The first-order valence-corrected chi connectivity index (χ1v) is 11.2. The van der Waals surface area contributed by atoms with Gasteiger partial charge >= 0.3 is 0 Å². The van der Waals surface area contributed by atoms with Gasteiger partial charge in [0.05, 0.1) is 0 Å². The van der Waals surface area contributed by atoms with Gasteiger partial charge in [0, 0.05) is 43.7 Å². The third-order valence-corrected chi connectivity index (χ3v) is 6.43. The van der Waals surface area contributed by atoms with Crippen LogP contribution in [0.1, 0.15) is 32.6 Å². The Morgan fingerprint density at radius 3 is 2.44 bits per heavy atom. The Morgan fingerprint density at radius 2 is 1.72 bits per heavy atom. The molecule has 2 aliphatic rings. The van der Waals surface area contributed by atoms with Crippen molar-refractivity contribution < 1.29 is 18.8 Å². The molecule has 7 heteroatoms. The van der Waals surface area contributed by atoms with Crippen molar-refractivity contribution in [2.24, 2.45) is 5.92 Å². The number of amides is 3. The second-order valence-electron chi connectivity index (χ2n) is 8.52. The van der Waals surface area contributed by atoms with Crippen molar-refractivity contribution in [1.82, 2.24) is 9.80 Å². The third kappa shape index (κ3) is 4.66. The molecular weight excluding hydrogens is 409 g/mol. The van der Waals surface area contributed by atoms with E-state index in [1.165, 1.54) is 13.0 Å². The van der Waals surface area contributed by atoms with E-state index in [9.17, 15) is 18.8 Å². The van der Waals surface area contributed by atoms with Crippen molar-refractivity contribution in [3.8, 4) is 11.1 Å². The monoisotopic (exact) mass is 437 g/mol. The number of likely N-dealkylation sites (tertiary alicyclic amines) is 2. The zero-order valence-corrected chi connectivity index (χ0v) is 18.2. The molecule has 0 spiro atoms. The van der Waals surface area contributed by atoms with E-state index in [1.54, 1.807) is 46.2 Å². The fraction of sp³-hybridized carbons (Fsp3) is 0.400. The van der Waals surface area contributed by atoms with Crippen LogP contribution in [0.2, 0.25) is 0 Å². The summed E-state index contributed by atoms with van der Waals surface area (Å²) in [4.78, 5) is 40.9. The highest BCUT2D eigenvalue weighted by Crippen LogP contribution is 2.27. The molecule has 2 aromatic rings. The minimum Gasteiger partial charge on any atom is -0.341 e. The zero-order chi connectivity index (χ0) is 22.7. The minimum absolute atomic E-state index is 0.00542. The van der Waals surface area contributed by atoms with Crippen LogP contribution in [0.3, 0.4) is 0 Å². The average molecular weight is 438 g/mol. The van der Waals surface area contributed by atoms with Crippen molar-refractivity contribution >= 4 is 23.4 Å². The van der Waals surface area contributed by atoms with E-state index in [1.807, 2.05) is 6.07 Å². The topological polar surface area (TPSA) is 69.7 Å². The van der Waals surface area contributed by atoms with E-state index in [0.29, 0.717) is 55.7 Å². The molecule has 3 amide bonds. The van der Waals surface area contributed by atoms with Gasteiger partial charge in [-0.3, -0.25) is 14.4 Å². The molecule has 0 aromatic heterocycles. The maximum Gasteiger partial charge on any atom is 0.245 e. The Morgan fingerprint density at radius 1 is 0.969 bits per heavy atom. The van der Waals surface area contributed by atoms with Crippen molar-refractivity contribution in [3.63, 3.8) is 0 Å². The van der Waals surface area contributed by atoms with Crippen molar-refractivity contribution in [2.45, 2.75) is 38.6 Å². The van der Waals surface area contributed by atoms with Crippen LogP contribution in [0.15, 0.2) is 48.5 Å². The second-order valence-corrected chi connectivity index (χ2v) is 8.52. The molecule has 2 heterocycles. The molecule has 6 nitrogen and oxygen atoms in total. The van der Waals surface area contributed by atoms with Crippen molar-refractivity contribution in [3.05, 3.63) is 54.3 Å². The molecule has 0 bridgehead atoms. The molecule has 0 radical (unpaired) electrons. The zero-order valence-electron chi connectivity index (χ0n) is 18.2. The normalized spacial score (nSPS) is 19.1. The van der Waals surface area contributed by atoms with Gasteiger partial charge in [0.2, 0.25) is 17.7 Å². The van der Waals surface area contributed by atoms with E-state index >= 15 is 0 Å². The number of anilines is 1. The SMILES string of the molecule is CC(=O)N1CCC[C@@H]1C(=O)N1CCC(C(=O)Nc2cccc(-c3ccccc3F)c2)CC1. The second kappa shape index (κ2) is 9.51. The quantitative estimate of drug-likeness (QED) is 0.793. The smallest absolute Gasteiger partial charge is 0.245 e. The summed E-state index contributed by atoms with van der Waals surface area (Å²) in [6.07, 6.45) is 2.71. The lowest BCUT2D eigenvalue weighted by Crippen LogP contribution is -2.50. The number of nitrogens with one attached hydrogen (secondary N) is 1. The molecule has 1 atom stereocenters. The maximum absolute atomic E-state index is 14.1. The number of carbonyl (C=O) groups excluding carboxylic acids is 3. The van der Waals surface area contributed by atoms with Crippen LogP contribution in [0.4, 0.5) is 10.1 Å². The van der Waals surface area contributed by atoms with E-state index in [-0.39, 0.29) is 35.5 Å². The molecule has 2 aliphatic heterocycles. The summed E-state index contributed by atoms with van der Waals surface area (Å²) in [5.74, 6) is -0.654. The fourth-order valence-electron chi connectivity index (χ4n) is 4.68. The molecular formula is C25H28FN3O3. The van der Waals surface area contributed by atoms with Crippen molar-refractivity contribution in [1.29, 1.82) is 0 Å². The molecule has 1 N–H and O–H groups in total. The van der Waals surface area contributed by atoms with Crippen LogP contribution in [-0.2, 0) is 14.4 Å². The lowest BCUT2D eigenvalue weighted by Gasteiger charge is -2.34. The first-order valence-electron chi connectivity index (χ1n) is 11.2. The number of halogens is 1. The third-order valence-electron chi connectivity index (χ3n) is 6.43. The molecule has 168 valence electrons. The maximum atomic E-state index is 14.1. The summed E-state index contributed by atoms with van der Waals surface area (Å²) < 4.78 is 14.1. The standard InChI is InChI=1S/C25H28FN3O3/c1-17(30)29-13-5-10-23(29)25(32)28-14-11-18(12-15-28)24(31)27-20-7-4-6-19(16-20)21-8-2-3-9-22(21)26/h2-4,6-9,16,18,23H,5,10-15H2,1H3,(H,27,31)/t23-/m1/s1. The fourth-order valence-corrected chi connectivity index (χ4v) is 4.68. The Labute approximate surface area is 187 Å². The molecule has 32 heavy (non-hydrogen) atoms. The predicted molar refractivity (Wildman–Crippen MR) is 120 cm³/mol. The molecule has 2 saturated heterocycles. The van der Waals surface area contributed by atoms with Crippen LogP contribution in [0.5, 0.6) is 0 Å². The number of rotatable bonds is 4. The number of carbonyl (C=O) groups is 3. The van der Waals surface area contributed by atoms with Gasteiger partial charge in [-0.15, -0.1) is 0 Å². The van der Waals surface area contributed by atoms with Crippen LogP contribution >= 0.6 is 0 Å². The molecule has 2 fully saturated rings. The van der Waals surface area contributed by atoms with Gasteiger partial charge in [-0.2, -0.15) is 0 Å². The predicted octanol–water partition coefficient (Wildman–Crippen LogP) is 3.68. The van der Waals surface area contributed by atoms with Crippen LogP contribution in [0.25, 0.3) is 11.1 Å². The summed E-state index contributed by atoms with van der Waals surface area (Å²) >= 11 is 0. The van der Waals surface area contributed by atoms with Gasteiger partial charge in [0.1, 0.15) is 11.9 Å². The first kappa shape index (κ1) is 22.0. The summed E-state index contributed by atoms with van der Waals surface area (Å²) in [7, 11) is 0. The summed E-state index contributed by atoms with van der Waals surface area (Å²) in [5, 5.41) is 2.94. The Hall–Kier alpha value is -3.22. The Bertz CT molecular complexity index is 1020. The number of hydrogen-bond acceptors (Lipinski definition) is 3. The summed E-state index contributed by atoms with van der Waals surface area (Å²) in [5.41, 5.74) is 1.81. The van der Waals surface area contributed by atoms with E-state index in [4.69, 9.17) is 0 Å². The van der Waals surface area contributed by atoms with Crippen LogP contribution in [-0.4, -0.2) is 53.2 Å². The van der Waals surface area contributed by atoms with E-state index in [2.05, 4.69) is 5.32 Å². The average Bonchev–Trinajstić information content (AvgIpc) is 3.29. The molecule has 0 aliphatic carbocycles. The van der Waals surface area contributed by atoms with Gasteiger partial charge in [0.15, 0.2) is 0 Å². The number of piperidine rings is 1. The van der Waals surface area contributed by atoms with Crippen LogP contribution < -0.4 is 5.32 Å². The van der Waals surface area contributed by atoms with Gasteiger partial charge in [0.25, 0.3) is 0 Å². The Balaban J connectivity index is 1.34. The lowest BCUT2D eigenvalue weighted by molar-refractivity contribution is -0.144. The highest BCUT2D eigenvalue weighted by molar-refractivity contribution is 5.93. The molecule has 0 saturated carbocycles. The van der Waals surface area contributed by atoms with Gasteiger partial charge < -0.3 is 15.1 Å². The van der Waals surface area contributed by atoms with E-state index in [0.717, 1.165) is 6.42 Å². The molecule has 2 aromatic carbocycles. The summed E-state index contributed by atoms with van der Waals surface area (Å²) in [6.45, 7) is 3.16. The van der Waals surface area contributed by atoms with Gasteiger partial charge in [-0.05, 0) is 49.4 Å². The Kier molecular flexibility index (Phi) is 6.53. The minimum atomic E-state index is -0.362. The highest BCUT2D eigenvalue weighted by Gasteiger charge is 2.37. The van der Waals surface area contributed by atoms with Gasteiger partial charge in [-0.1, -0.05) is 30.3 Å². The van der Waals surface area contributed by atoms with Crippen molar-refractivity contribution in [2.75, 3.05) is 25.0 Å². The number of hydrogen-bond donors (Lipinski definition) is 1. The molecule has 0 unspecified atom stereocenters. The first-order chi connectivity index (χ1) is 15.4. The molecule has 4 rings (SSSR count). The van der Waals surface area contributed by atoms with Gasteiger partial charge in [-0.25, -0.2) is 4.39 Å².